The Hall–Kier alpha value is -2.59. The molecule has 2 amide bonds. The van der Waals surface area contributed by atoms with Crippen LogP contribution < -0.4 is 10.1 Å². The summed E-state index contributed by atoms with van der Waals surface area (Å²) in [5.41, 5.74) is 0. The van der Waals surface area contributed by atoms with E-state index in [-0.39, 0.29) is 12.4 Å². The number of nitrogens with one attached hydrogen (secondary N) is 1. The van der Waals surface area contributed by atoms with Gasteiger partial charge in [0.1, 0.15) is 5.82 Å². The van der Waals surface area contributed by atoms with Crippen molar-refractivity contribution >= 4 is 17.8 Å². The van der Waals surface area contributed by atoms with Crippen LogP contribution in [0.4, 0.5) is 23.8 Å². The Bertz CT molecular complexity index is 567. The maximum atomic E-state index is 12.0. The number of urea groups is 1. The summed E-state index contributed by atoms with van der Waals surface area (Å²) in [4.78, 5) is 30.8. The fraction of sp³-hybridized carbons (Fsp3) is 0.500. The summed E-state index contributed by atoms with van der Waals surface area (Å²) < 4.78 is 40.5. The Morgan fingerprint density at radius 1 is 1.48 bits per heavy atom. The summed E-state index contributed by atoms with van der Waals surface area (Å²) in [6, 6.07) is 0.0487. The minimum absolute atomic E-state index is 0.0519. The number of amides is 2. The van der Waals surface area contributed by atoms with Gasteiger partial charge in [0.2, 0.25) is 0 Å². The van der Waals surface area contributed by atoms with Crippen LogP contribution in [0.5, 0.6) is 6.01 Å². The lowest BCUT2D eigenvalue weighted by Gasteiger charge is -2.19. The van der Waals surface area contributed by atoms with Gasteiger partial charge < -0.3 is 14.7 Å². The molecule has 0 aromatic carbocycles. The second-order valence-corrected chi connectivity index (χ2v) is 4.68. The van der Waals surface area contributed by atoms with Crippen molar-refractivity contribution in [1.82, 2.24) is 14.9 Å². The fourth-order valence-corrected chi connectivity index (χ4v) is 1.40. The molecule has 0 saturated heterocycles. The van der Waals surface area contributed by atoms with Gasteiger partial charge in [-0.1, -0.05) is 6.92 Å². The first-order chi connectivity index (χ1) is 10.6. The highest BCUT2D eigenvalue weighted by atomic mass is 19.4. The Kier molecular flexibility index (Phi) is 6.10. The summed E-state index contributed by atoms with van der Waals surface area (Å²) in [6.45, 7) is -0.177. The summed E-state index contributed by atoms with van der Waals surface area (Å²) in [6.07, 6.45) is -3.41. The molecular weight excluding hydrogens is 321 g/mol. The standard InChI is InChI=1S/C12H15F3N4O4/c1-7(9(20)21)5-19(2)11(22)18-8-3-4-16-10(17-8)23-6-12(13,14)15/h3-4,7H,5-6H2,1-2H3,(H,20,21)(H,16,17,18,22). The minimum Gasteiger partial charge on any atom is -0.481 e. The molecule has 0 bridgehead atoms. The summed E-state index contributed by atoms with van der Waals surface area (Å²) >= 11 is 0. The third-order valence-electron chi connectivity index (χ3n) is 2.55. The third-order valence-corrected chi connectivity index (χ3v) is 2.55. The number of anilines is 1. The highest BCUT2D eigenvalue weighted by Crippen LogP contribution is 2.16. The molecule has 0 radical (unpaired) electrons. The van der Waals surface area contributed by atoms with Crippen molar-refractivity contribution < 1.29 is 32.6 Å². The molecule has 23 heavy (non-hydrogen) atoms. The maximum Gasteiger partial charge on any atom is 0.422 e. The molecule has 1 aromatic heterocycles. The number of aromatic nitrogens is 2. The first-order valence-corrected chi connectivity index (χ1v) is 6.36. The smallest absolute Gasteiger partial charge is 0.422 e. The van der Waals surface area contributed by atoms with Gasteiger partial charge in [-0.15, -0.1) is 0 Å². The van der Waals surface area contributed by atoms with Gasteiger partial charge in [-0.05, 0) is 6.07 Å². The van der Waals surface area contributed by atoms with Gasteiger partial charge in [-0.2, -0.15) is 18.2 Å². The highest BCUT2D eigenvalue weighted by molar-refractivity contribution is 5.88. The largest absolute Gasteiger partial charge is 0.481 e. The Morgan fingerprint density at radius 3 is 2.70 bits per heavy atom. The molecule has 1 heterocycles. The Morgan fingerprint density at radius 2 is 2.13 bits per heavy atom. The second kappa shape index (κ2) is 7.61. The molecule has 1 unspecified atom stereocenters. The number of carbonyl (C=O) groups excluding carboxylic acids is 1. The maximum absolute atomic E-state index is 12.0. The van der Waals surface area contributed by atoms with Crippen molar-refractivity contribution in [2.24, 2.45) is 5.92 Å². The zero-order chi connectivity index (χ0) is 17.6. The van der Waals surface area contributed by atoms with E-state index in [0.717, 1.165) is 11.1 Å². The van der Waals surface area contributed by atoms with E-state index in [4.69, 9.17) is 5.11 Å². The number of nitrogens with zero attached hydrogens (tertiary/aromatic N) is 3. The number of aliphatic carboxylic acids is 1. The third kappa shape index (κ3) is 6.80. The minimum atomic E-state index is -4.53. The topological polar surface area (TPSA) is 105 Å². The molecule has 8 nitrogen and oxygen atoms in total. The van der Waals surface area contributed by atoms with Crippen LogP contribution in [-0.2, 0) is 4.79 Å². The molecule has 1 rings (SSSR count). The van der Waals surface area contributed by atoms with E-state index < -0.39 is 36.7 Å². The van der Waals surface area contributed by atoms with Gasteiger partial charge in [-0.25, -0.2) is 9.78 Å². The van der Waals surface area contributed by atoms with Crippen LogP contribution in [0, 0.1) is 5.92 Å². The average Bonchev–Trinajstić information content (AvgIpc) is 2.44. The van der Waals surface area contributed by atoms with Crippen LogP contribution in [0.15, 0.2) is 12.3 Å². The zero-order valence-corrected chi connectivity index (χ0v) is 12.3. The van der Waals surface area contributed by atoms with Gasteiger partial charge >= 0.3 is 24.2 Å². The second-order valence-electron chi connectivity index (χ2n) is 4.68. The van der Waals surface area contributed by atoms with E-state index in [1.807, 2.05) is 0 Å². The molecule has 0 aliphatic heterocycles. The number of carboxylic acids is 1. The van der Waals surface area contributed by atoms with Crippen molar-refractivity contribution in [2.75, 3.05) is 25.5 Å². The van der Waals surface area contributed by atoms with Gasteiger partial charge in [-0.3, -0.25) is 10.1 Å². The Labute approximate surface area is 129 Å². The van der Waals surface area contributed by atoms with Crippen molar-refractivity contribution in [3.63, 3.8) is 0 Å². The first kappa shape index (κ1) is 18.5. The van der Waals surface area contributed by atoms with Crippen LogP contribution in [0.1, 0.15) is 6.92 Å². The molecule has 0 saturated carbocycles. The number of ether oxygens (including phenoxy) is 1. The van der Waals surface area contributed by atoms with Crippen LogP contribution in [-0.4, -0.2) is 58.4 Å². The van der Waals surface area contributed by atoms with E-state index in [2.05, 4.69) is 20.0 Å². The highest BCUT2D eigenvalue weighted by Gasteiger charge is 2.29. The molecule has 2 N–H and O–H groups in total. The quantitative estimate of drug-likeness (QED) is 0.818. The van der Waals surface area contributed by atoms with Gasteiger partial charge in [0.15, 0.2) is 6.61 Å². The number of carbonyl (C=O) groups is 2. The van der Waals surface area contributed by atoms with Crippen LogP contribution in [0.3, 0.4) is 0 Å². The number of carboxylic acid groups (broad SMARTS) is 1. The lowest BCUT2D eigenvalue weighted by Crippen LogP contribution is -2.36. The zero-order valence-electron chi connectivity index (χ0n) is 12.3. The predicted molar refractivity (Wildman–Crippen MR) is 72.0 cm³/mol. The Balaban J connectivity index is 2.62. The van der Waals surface area contributed by atoms with Gasteiger partial charge in [0.05, 0.1) is 5.92 Å². The van der Waals surface area contributed by atoms with E-state index >= 15 is 0 Å². The van der Waals surface area contributed by atoms with Crippen molar-refractivity contribution in [3.05, 3.63) is 12.3 Å². The molecule has 0 aliphatic rings. The van der Waals surface area contributed by atoms with Crippen molar-refractivity contribution in [1.29, 1.82) is 0 Å². The number of hydrogen-bond acceptors (Lipinski definition) is 5. The summed E-state index contributed by atoms with van der Waals surface area (Å²) in [5, 5.41) is 11.1. The van der Waals surface area contributed by atoms with Gasteiger partial charge in [0, 0.05) is 19.8 Å². The van der Waals surface area contributed by atoms with Gasteiger partial charge in [0.25, 0.3) is 0 Å². The molecular formula is C12H15F3N4O4. The summed E-state index contributed by atoms with van der Waals surface area (Å²) in [7, 11) is 1.37. The average molecular weight is 336 g/mol. The molecule has 0 spiro atoms. The molecule has 0 aliphatic carbocycles. The lowest BCUT2D eigenvalue weighted by molar-refractivity contribution is -0.154. The molecule has 11 heteroatoms. The van der Waals surface area contributed by atoms with E-state index in [9.17, 15) is 22.8 Å². The SMILES string of the molecule is CC(CN(C)C(=O)Nc1ccnc(OCC(F)(F)F)n1)C(=O)O. The normalized spacial score (nSPS) is 12.4. The molecule has 1 atom stereocenters. The lowest BCUT2D eigenvalue weighted by atomic mass is 10.2. The van der Waals surface area contributed by atoms with Crippen molar-refractivity contribution in [2.45, 2.75) is 13.1 Å². The van der Waals surface area contributed by atoms with Crippen molar-refractivity contribution in [3.8, 4) is 6.01 Å². The van der Waals surface area contributed by atoms with Crippen LogP contribution >= 0.6 is 0 Å². The predicted octanol–water partition coefficient (Wildman–Crippen LogP) is 1.60. The number of alkyl halides is 3. The molecule has 128 valence electrons. The number of rotatable bonds is 6. The molecule has 1 aromatic rings. The van der Waals surface area contributed by atoms with Crippen LogP contribution in [0.2, 0.25) is 0 Å². The van der Waals surface area contributed by atoms with E-state index in [1.54, 1.807) is 0 Å². The van der Waals surface area contributed by atoms with Crippen LogP contribution in [0.25, 0.3) is 0 Å². The fourth-order valence-electron chi connectivity index (χ4n) is 1.40. The first-order valence-electron chi connectivity index (χ1n) is 6.36. The summed E-state index contributed by atoms with van der Waals surface area (Å²) in [5.74, 6) is -1.91. The monoisotopic (exact) mass is 336 g/mol. The molecule has 0 fully saturated rings. The van der Waals surface area contributed by atoms with E-state index in [0.29, 0.717) is 0 Å². The van der Waals surface area contributed by atoms with E-state index in [1.165, 1.54) is 20.0 Å². The number of halogens is 3. The number of hydrogen-bond donors (Lipinski definition) is 2.